The quantitative estimate of drug-likeness (QED) is 0.857. The lowest BCUT2D eigenvalue weighted by Crippen LogP contribution is -2.16. The summed E-state index contributed by atoms with van der Waals surface area (Å²) in [5.41, 5.74) is 2.11. The number of aliphatic carboxylic acids is 1. The number of carboxylic acid groups (broad SMARTS) is 1. The van der Waals surface area contributed by atoms with Crippen LogP contribution in [0.25, 0.3) is 0 Å². The van der Waals surface area contributed by atoms with Crippen LogP contribution in [0.1, 0.15) is 41.6 Å². The molecule has 0 bridgehead atoms. The van der Waals surface area contributed by atoms with Gasteiger partial charge >= 0.3 is 5.97 Å². The number of aryl methyl sites for hydroxylation is 1. The van der Waals surface area contributed by atoms with E-state index < -0.39 is 5.97 Å². The van der Waals surface area contributed by atoms with Gasteiger partial charge in [0, 0.05) is 11.1 Å². The summed E-state index contributed by atoms with van der Waals surface area (Å²) in [6.07, 6.45) is 2.66. The van der Waals surface area contributed by atoms with Gasteiger partial charge in [-0.1, -0.05) is 6.07 Å². The van der Waals surface area contributed by atoms with Crippen LogP contribution in [0.5, 0.6) is 5.75 Å². The van der Waals surface area contributed by atoms with Gasteiger partial charge in [0.1, 0.15) is 5.75 Å². The van der Waals surface area contributed by atoms with Gasteiger partial charge in [0.15, 0.2) is 5.78 Å². The number of rotatable bonds is 4. The number of hydrogen-bond acceptors (Lipinski definition) is 3. The molecule has 1 aromatic carbocycles. The number of allylic oxidation sites excluding steroid dienone is 1. The summed E-state index contributed by atoms with van der Waals surface area (Å²) in [7, 11) is 1.51. The molecule has 0 saturated heterocycles. The summed E-state index contributed by atoms with van der Waals surface area (Å²) in [6, 6.07) is 5.33. The van der Waals surface area contributed by atoms with Crippen LogP contribution in [0.4, 0.5) is 0 Å². The van der Waals surface area contributed by atoms with Crippen molar-refractivity contribution in [2.75, 3.05) is 7.11 Å². The van der Waals surface area contributed by atoms with Gasteiger partial charge in [0.2, 0.25) is 0 Å². The Morgan fingerprint density at radius 2 is 1.80 bits per heavy atom. The molecule has 1 aliphatic rings. The fraction of sp³-hybridized carbons (Fsp3) is 0.375. The highest BCUT2D eigenvalue weighted by molar-refractivity contribution is 6.14. The maximum absolute atomic E-state index is 12.6. The Hall–Kier alpha value is -2.10. The Kier molecular flexibility index (Phi) is 4.23. The minimum Gasteiger partial charge on any atom is -0.496 e. The molecule has 0 atom stereocenters. The van der Waals surface area contributed by atoms with E-state index in [1.54, 1.807) is 12.1 Å². The third-order valence-electron chi connectivity index (χ3n) is 3.60. The maximum Gasteiger partial charge on any atom is 0.331 e. The van der Waals surface area contributed by atoms with Crippen molar-refractivity contribution in [1.29, 1.82) is 0 Å². The molecule has 0 saturated carbocycles. The molecule has 0 heterocycles. The lowest BCUT2D eigenvalue weighted by molar-refractivity contribution is -0.133. The van der Waals surface area contributed by atoms with Gasteiger partial charge < -0.3 is 9.84 Å². The number of carbonyl (C=O) groups excluding carboxylic acids is 1. The topological polar surface area (TPSA) is 63.6 Å². The smallest absolute Gasteiger partial charge is 0.331 e. The SMILES string of the molecule is COc1cc(C)ccc1C(=O)C1=C(C(=O)O)CCCC1. The zero-order valence-electron chi connectivity index (χ0n) is 11.7. The molecule has 106 valence electrons. The molecule has 0 spiro atoms. The Morgan fingerprint density at radius 1 is 1.15 bits per heavy atom. The van der Waals surface area contributed by atoms with Gasteiger partial charge in [-0.25, -0.2) is 4.79 Å². The van der Waals surface area contributed by atoms with Crippen LogP contribution in [-0.2, 0) is 4.79 Å². The molecule has 0 amide bonds. The van der Waals surface area contributed by atoms with Crippen molar-refractivity contribution in [2.24, 2.45) is 0 Å². The first-order valence-corrected chi connectivity index (χ1v) is 6.69. The molecule has 1 aliphatic carbocycles. The van der Waals surface area contributed by atoms with Crippen molar-refractivity contribution in [3.05, 3.63) is 40.5 Å². The standard InChI is InChI=1S/C16H18O4/c1-10-7-8-13(14(9-10)20-2)15(17)11-5-3-4-6-12(11)16(18)19/h7-9H,3-6H2,1-2H3,(H,18,19). The lowest BCUT2D eigenvalue weighted by Gasteiger charge is -2.18. The predicted molar refractivity (Wildman–Crippen MR) is 75.2 cm³/mol. The number of carbonyl (C=O) groups is 2. The average molecular weight is 274 g/mol. The van der Waals surface area contributed by atoms with Gasteiger partial charge in [-0.15, -0.1) is 0 Å². The Bertz CT molecular complexity index is 584. The number of Topliss-reactive ketones (excluding diaryl/α,β-unsaturated/α-hetero) is 1. The first kappa shape index (κ1) is 14.3. The summed E-state index contributed by atoms with van der Waals surface area (Å²) in [5, 5.41) is 9.23. The third kappa shape index (κ3) is 2.74. The van der Waals surface area contributed by atoms with Gasteiger partial charge in [-0.2, -0.15) is 0 Å². The molecule has 0 radical (unpaired) electrons. The van der Waals surface area contributed by atoms with E-state index in [4.69, 9.17) is 4.74 Å². The zero-order chi connectivity index (χ0) is 14.7. The van der Waals surface area contributed by atoms with Crippen molar-refractivity contribution < 1.29 is 19.4 Å². The van der Waals surface area contributed by atoms with Crippen LogP contribution < -0.4 is 4.74 Å². The number of ketones is 1. The van der Waals surface area contributed by atoms with Crippen LogP contribution in [0.3, 0.4) is 0 Å². The van der Waals surface area contributed by atoms with E-state index in [2.05, 4.69) is 0 Å². The number of hydrogen-bond donors (Lipinski definition) is 1. The predicted octanol–water partition coefficient (Wildman–Crippen LogP) is 3.14. The lowest BCUT2D eigenvalue weighted by atomic mass is 9.86. The van der Waals surface area contributed by atoms with Crippen molar-refractivity contribution in [3.63, 3.8) is 0 Å². The van der Waals surface area contributed by atoms with Crippen LogP contribution in [0.2, 0.25) is 0 Å². The number of ether oxygens (including phenoxy) is 1. The average Bonchev–Trinajstić information content (AvgIpc) is 2.46. The fourth-order valence-electron chi connectivity index (χ4n) is 2.54. The summed E-state index contributed by atoms with van der Waals surface area (Å²) in [6.45, 7) is 1.92. The molecule has 2 rings (SSSR count). The number of methoxy groups -OCH3 is 1. The number of benzene rings is 1. The van der Waals surface area contributed by atoms with Gasteiger partial charge in [0.05, 0.1) is 12.7 Å². The third-order valence-corrected chi connectivity index (χ3v) is 3.60. The second-order valence-electron chi connectivity index (χ2n) is 5.00. The second-order valence-corrected chi connectivity index (χ2v) is 5.00. The fourth-order valence-corrected chi connectivity index (χ4v) is 2.54. The highest BCUT2D eigenvalue weighted by atomic mass is 16.5. The molecule has 20 heavy (non-hydrogen) atoms. The second kappa shape index (κ2) is 5.90. The summed E-state index contributed by atoms with van der Waals surface area (Å²) in [5.74, 6) is -0.712. The van der Waals surface area contributed by atoms with Crippen LogP contribution in [-0.4, -0.2) is 24.0 Å². The summed E-state index contributed by atoms with van der Waals surface area (Å²) in [4.78, 5) is 23.9. The Morgan fingerprint density at radius 3 is 2.40 bits per heavy atom. The zero-order valence-corrected chi connectivity index (χ0v) is 11.7. The largest absolute Gasteiger partial charge is 0.496 e. The van der Waals surface area contributed by atoms with Crippen LogP contribution >= 0.6 is 0 Å². The first-order chi connectivity index (χ1) is 9.54. The summed E-state index contributed by atoms with van der Waals surface area (Å²) >= 11 is 0. The van der Waals surface area contributed by atoms with E-state index in [-0.39, 0.29) is 11.4 Å². The van der Waals surface area contributed by atoms with E-state index in [0.717, 1.165) is 18.4 Å². The molecular weight excluding hydrogens is 256 g/mol. The number of carboxylic acids is 1. The van der Waals surface area contributed by atoms with E-state index >= 15 is 0 Å². The maximum atomic E-state index is 12.6. The van der Waals surface area contributed by atoms with Crippen molar-refractivity contribution in [2.45, 2.75) is 32.6 Å². The molecule has 0 unspecified atom stereocenters. The molecular formula is C16H18O4. The molecule has 4 heteroatoms. The molecule has 1 aromatic rings. The van der Waals surface area contributed by atoms with Crippen molar-refractivity contribution in [3.8, 4) is 5.75 Å². The van der Waals surface area contributed by atoms with Gasteiger partial charge in [-0.05, 0) is 50.3 Å². The first-order valence-electron chi connectivity index (χ1n) is 6.69. The highest BCUT2D eigenvalue weighted by Gasteiger charge is 2.25. The summed E-state index contributed by atoms with van der Waals surface area (Å²) < 4.78 is 5.24. The monoisotopic (exact) mass is 274 g/mol. The highest BCUT2D eigenvalue weighted by Crippen LogP contribution is 2.30. The minimum absolute atomic E-state index is 0.223. The van der Waals surface area contributed by atoms with Crippen molar-refractivity contribution >= 4 is 11.8 Å². The Labute approximate surface area is 118 Å². The van der Waals surface area contributed by atoms with E-state index in [1.807, 2.05) is 13.0 Å². The van der Waals surface area contributed by atoms with E-state index in [0.29, 0.717) is 29.7 Å². The van der Waals surface area contributed by atoms with Crippen LogP contribution in [0.15, 0.2) is 29.3 Å². The molecule has 4 nitrogen and oxygen atoms in total. The molecule has 0 fully saturated rings. The van der Waals surface area contributed by atoms with E-state index in [9.17, 15) is 14.7 Å². The molecule has 0 aromatic heterocycles. The van der Waals surface area contributed by atoms with Crippen molar-refractivity contribution in [1.82, 2.24) is 0 Å². The molecule has 0 aliphatic heterocycles. The minimum atomic E-state index is -0.987. The van der Waals surface area contributed by atoms with Crippen LogP contribution in [0, 0.1) is 6.92 Å². The van der Waals surface area contributed by atoms with Gasteiger partial charge in [-0.3, -0.25) is 4.79 Å². The van der Waals surface area contributed by atoms with E-state index in [1.165, 1.54) is 7.11 Å². The Balaban J connectivity index is 2.47. The van der Waals surface area contributed by atoms with Gasteiger partial charge in [0.25, 0.3) is 0 Å². The normalized spacial score (nSPS) is 15.1. The molecule has 1 N–H and O–H groups in total.